The third-order valence-corrected chi connectivity index (χ3v) is 3.21. The van der Waals surface area contributed by atoms with Gasteiger partial charge in [0.2, 0.25) is 0 Å². The highest BCUT2D eigenvalue weighted by Gasteiger charge is 2.15. The van der Waals surface area contributed by atoms with Crippen LogP contribution in [0.25, 0.3) is 0 Å². The van der Waals surface area contributed by atoms with Gasteiger partial charge in [0, 0.05) is 12.4 Å². The van der Waals surface area contributed by atoms with Gasteiger partial charge in [0.05, 0.1) is 5.75 Å². The predicted molar refractivity (Wildman–Crippen MR) is 60.9 cm³/mol. The van der Waals surface area contributed by atoms with Crippen LogP contribution in [0.5, 0.6) is 0 Å². The Morgan fingerprint density at radius 2 is 2.43 bits per heavy atom. The van der Waals surface area contributed by atoms with E-state index in [0.29, 0.717) is 18.1 Å². The van der Waals surface area contributed by atoms with E-state index in [-0.39, 0.29) is 11.4 Å². The molecule has 0 aromatic heterocycles. The van der Waals surface area contributed by atoms with Crippen molar-refractivity contribution in [2.45, 2.75) is 24.7 Å². The van der Waals surface area contributed by atoms with E-state index >= 15 is 0 Å². The van der Waals surface area contributed by atoms with Gasteiger partial charge >= 0.3 is 5.97 Å². The third kappa shape index (κ3) is 5.12. The van der Waals surface area contributed by atoms with Crippen LogP contribution in [0.1, 0.15) is 19.3 Å². The summed E-state index contributed by atoms with van der Waals surface area (Å²) in [6.45, 7) is 1.22. The van der Waals surface area contributed by atoms with Crippen molar-refractivity contribution in [2.75, 3.05) is 24.7 Å². The Bertz CT molecular complexity index is 169. The summed E-state index contributed by atoms with van der Waals surface area (Å²) in [6.07, 6.45) is 3.38. The van der Waals surface area contributed by atoms with Crippen LogP contribution in [0.4, 0.5) is 0 Å². The van der Waals surface area contributed by atoms with Gasteiger partial charge in [-0.3, -0.25) is 4.79 Å². The second-order valence-corrected chi connectivity index (χ2v) is 4.65. The molecule has 1 rings (SSSR count). The summed E-state index contributed by atoms with van der Waals surface area (Å²) in [5, 5.41) is 0. The topological polar surface area (TPSA) is 35.5 Å². The average molecular weight is 236 g/mol. The van der Waals surface area contributed by atoms with Gasteiger partial charge in [-0.2, -0.15) is 12.6 Å². The Morgan fingerprint density at radius 3 is 3.07 bits per heavy atom. The fraction of sp³-hybridized carbons (Fsp3) is 0.889. The number of hydrogen-bond acceptors (Lipinski definition) is 5. The standard InChI is InChI=1S/C9H16O3S2/c10-8(11-5-6-13)7-14-9-3-1-2-4-12-9/h9,13H,1-7H2. The molecule has 1 saturated heterocycles. The summed E-state index contributed by atoms with van der Waals surface area (Å²) in [5.41, 5.74) is 0.187. The maximum Gasteiger partial charge on any atom is 0.316 e. The Balaban J connectivity index is 2.03. The Labute approximate surface area is 94.3 Å². The zero-order valence-electron chi connectivity index (χ0n) is 8.11. The van der Waals surface area contributed by atoms with Crippen molar-refractivity contribution in [3.05, 3.63) is 0 Å². The molecule has 0 aromatic carbocycles. The summed E-state index contributed by atoms with van der Waals surface area (Å²) in [5.74, 6) is 0.799. The van der Waals surface area contributed by atoms with E-state index in [0.717, 1.165) is 19.4 Å². The fourth-order valence-electron chi connectivity index (χ4n) is 1.20. The molecule has 3 nitrogen and oxygen atoms in total. The van der Waals surface area contributed by atoms with Gasteiger partial charge in [-0.25, -0.2) is 0 Å². The monoisotopic (exact) mass is 236 g/mol. The number of thioether (sulfide) groups is 1. The third-order valence-electron chi connectivity index (χ3n) is 1.88. The van der Waals surface area contributed by atoms with Gasteiger partial charge in [-0.05, 0) is 19.3 Å². The van der Waals surface area contributed by atoms with E-state index in [1.165, 1.54) is 18.2 Å². The number of thiol groups is 1. The number of carbonyl (C=O) groups is 1. The number of carbonyl (C=O) groups excluding carboxylic acids is 1. The van der Waals surface area contributed by atoms with Crippen molar-refractivity contribution in [3.63, 3.8) is 0 Å². The molecule has 82 valence electrons. The van der Waals surface area contributed by atoms with E-state index in [4.69, 9.17) is 9.47 Å². The molecule has 0 aliphatic carbocycles. The van der Waals surface area contributed by atoms with Crippen LogP contribution in [0.2, 0.25) is 0 Å². The molecule has 1 atom stereocenters. The molecule has 0 aromatic rings. The number of esters is 1. The average Bonchev–Trinajstić information content (AvgIpc) is 2.25. The molecular weight excluding hydrogens is 220 g/mol. The van der Waals surface area contributed by atoms with Crippen molar-refractivity contribution in [2.24, 2.45) is 0 Å². The minimum Gasteiger partial charge on any atom is -0.464 e. The number of ether oxygens (including phenoxy) is 2. The predicted octanol–water partition coefficient (Wildman–Crippen LogP) is 1.72. The van der Waals surface area contributed by atoms with Crippen LogP contribution in [-0.4, -0.2) is 36.1 Å². The highest BCUT2D eigenvalue weighted by molar-refractivity contribution is 8.00. The van der Waals surface area contributed by atoms with E-state index in [2.05, 4.69) is 12.6 Å². The smallest absolute Gasteiger partial charge is 0.316 e. The van der Waals surface area contributed by atoms with Gasteiger partial charge in [-0.15, -0.1) is 11.8 Å². The SMILES string of the molecule is O=C(CSC1CCCCO1)OCCS. The van der Waals surface area contributed by atoms with Crippen LogP contribution >= 0.6 is 24.4 Å². The molecule has 1 aliphatic rings. The molecule has 1 fully saturated rings. The zero-order chi connectivity index (χ0) is 10.2. The number of rotatable bonds is 5. The van der Waals surface area contributed by atoms with Gasteiger partial charge in [0.25, 0.3) is 0 Å². The van der Waals surface area contributed by atoms with Gasteiger partial charge in [-0.1, -0.05) is 0 Å². The first-order chi connectivity index (χ1) is 6.83. The summed E-state index contributed by atoms with van der Waals surface area (Å²) in [7, 11) is 0. The Kier molecular flexibility index (Phi) is 6.47. The minimum atomic E-state index is -0.168. The second kappa shape index (κ2) is 7.43. The largest absolute Gasteiger partial charge is 0.464 e. The first kappa shape index (κ1) is 12.2. The summed E-state index contributed by atoms with van der Waals surface area (Å²) < 4.78 is 10.4. The fourth-order valence-corrected chi connectivity index (χ4v) is 2.23. The summed E-state index contributed by atoms with van der Waals surface area (Å²) in [4.78, 5) is 11.1. The van der Waals surface area contributed by atoms with Gasteiger partial charge in [0.1, 0.15) is 12.0 Å². The molecule has 0 radical (unpaired) electrons. The van der Waals surface area contributed by atoms with E-state index in [1.807, 2.05) is 0 Å². The lowest BCUT2D eigenvalue weighted by atomic mass is 10.2. The molecular formula is C9H16O3S2. The van der Waals surface area contributed by atoms with E-state index < -0.39 is 0 Å². The Hall–Kier alpha value is 0.130. The molecule has 14 heavy (non-hydrogen) atoms. The molecule has 0 saturated carbocycles. The van der Waals surface area contributed by atoms with Crippen molar-refractivity contribution >= 4 is 30.4 Å². The molecule has 1 heterocycles. The van der Waals surface area contributed by atoms with Gasteiger partial charge < -0.3 is 9.47 Å². The molecule has 0 N–H and O–H groups in total. The molecule has 0 bridgehead atoms. The van der Waals surface area contributed by atoms with Crippen molar-refractivity contribution in [1.29, 1.82) is 0 Å². The van der Waals surface area contributed by atoms with Crippen LogP contribution in [0, 0.1) is 0 Å². The number of hydrogen-bond donors (Lipinski definition) is 1. The zero-order valence-corrected chi connectivity index (χ0v) is 9.82. The van der Waals surface area contributed by atoms with E-state index in [9.17, 15) is 4.79 Å². The lowest BCUT2D eigenvalue weighted by Gasteiger charge is -2.21. The maximum atomic E-state index is 11.1. The molecule has 1 unspecified atom stereocenters. The lowest BCUT2D eigenvalue weighted by molar-refractivity contribution is -0.139. The molecule has 1 aliphatic heterocycles. The van der Waals surface area contributed by atoms with Crippen LogP contribution in [0.15, 0.2) is 0 Å². The summed E-state index contributed by atoms with van der Waals surface area (Å²) in [6, 6.07) is 0. The molecule has 0 spiro atoms. The van der Waals surface area contributed by atoms with Gasteiger partial charge in [0.15, 0.2) is 0 Å². The highest BCUT2D eigenvalue weighted by atomic mass is 32.2. The second-order valence-electron chi connectivity index (χ2n) is 3.05. The first-order valence-electron chi connectivity index (χ1n) is 4.82. The lowest BCUT2D eigenvalue weighted by Crippen LogP contribution is -2.18. The Morgan fingerprint density at radius 1 is 1.57 bits per heavy atom. The normalized spacial score (nSPS) is 21.9. The van der Waals surface area contributed by atoms with Crippen molar-refractivity contribution < 1.29 is 14.3 Å². The first-order valence-corrected chi connectivity index (χ1v) is 6.50. The van der Waals surface area contributed by atoms with Crippen molar-refractivity contribution in [3.8, 4) is 0 Å². The highest BCUT2D eigenvalue weighted by Crippen LogP contribution is 2.23. The quantitative estimate of drug-likeness (QED) is 0.582. The summed E-state index contributed by atoms with van der Waals surface area (Å²) >= 11 is 5.49. The van der Waals surface area contributed by atoms with E-state index in [1.54, 1.807) is 0 Å². The minimum absolute atomic E-state index is 0.168. The van der Waals surface area contributed by atoms with Crippen molar-refractivity contribution in [1.82, 2.24) is 0 Å². The molecule has 0 amide bonds. The van der Waals surface area contributed by atoms with Crippen LogP contribution in [-0.2, 0) is 14.3 Å². The molecule has 5 heteroatoms. The maximum absolute atomic E-state index is 11.1. The van der Waals surface area contributed by atoms with Crippen LogP contribution < -0.4 is 0 Å². The van der Waals surface area contributed by atoms with Crippen LogP contribution in [0.3, 0.4) is 0 Å².